The Morgan fingerprint density at radius 1 is 1.39 bits per heavy atom. The maximum Gasteiger partial charge on any atom is 0.224 e. The normalized spacial score (nSPS) is 25.2. The van der Waals surface area contributed by atoms with Gasteiger partial charge in [0.2, 0.25) is 5.91 Å². The molecule has 1 aliphatic heterocycles. The lowest BCUT2D eigenvalue weighted by Gasteiger charge is -2.25. The Morgan fingerprint density at radius 3 is 2.61 bits per heavy atom. The summed E-state index contributed by atoms with van der Waals surface area (Å²) in [7, 11) is 0. The number of nitrogens with two attached hydrogens (primary N) is 1. The molecule has 2 N–H and O–H groups in total. The van der Waals surface area contributed by atoms with E-state index in [2.05, 4.69) is 13.8 Å². The Balaban J connectivity index is 1.96. The van der Waals surface area contributed by atoms with E-state index in [4.69, 9.17) is 5.73 Å². The first kappa shape index (κ1) is 13.1. The van der Waals surface area contributed by atoms with Crippen LogP contribution in [0.4, 0.5) is 0 Å². The number of carbonyl (C=O) groups excluding carboxylic acids is 1. The number of benzene rings is 1. The van der Waals surface area contributed by atoms with Gasteiger partial charge in [0.15, 0.2) is 0 Å². The number of carbonyl (C=O) groups is 1. The minimum Gasteiger partial charge on any atom is -0.340 e. The van der Waals surface area contributed by atoms with Crippen molar-refractivity contribution in [1.29, 1.82) is 0 Å². The Morgan fingerprint density at radius 2 is 2.06 bits per heavy atom. The molecular formula is C15H22N2O. The van der Waals surface area contributed by atoms with E-state index in [1.54, 1.807) is 0 Å². The van der Waals surface area contributed by atoms with Crippen LogP contribution in [-0.2, 0) is 4.79 Å². The van der Waals surface area contributed by atoms with Crippen molar-refractivity contribution in [2.45, 2.75) is 38.8 Å². The van der Waals surface area contributed by atoms with Crippen LogP contribution in [0.15, 0.2) is 30.3 Å². The Bertz CT molecular complexity index is 404. The van der Waals surface area contributed by atoms with Crippen molar-refractivity contribution in [2.24, 2.45) is 11.7 Å². The van der Waals surface area contributed by atoms with Crippen LogP contribution in [0.3, 0.4) is 0 Å². The first-order chi connectivity index (χ1) is 8.59. The van der Waals surface area contributed by atoms with Gasteiger partial charge in [-0.1, -0.05) is 37.3 Å². The summed E-state index contributed by atoms with van der Waals surface area (Å²) in [5.41, 5.74) is 7.13. The summed E-state index contributed by atoms with van der Waals surface area (Å²) >= 11 is 0. The fourth-order valence-corrected chi connectivity index (χ4v) is 2.57. The third-order valence-corrected chi connectivity index (χ3v) is 4.08. The van der Waals surface area contributed by atoms with E-state index in [-0.39, 0.29) is 11.9 Å². The van der Waals surface area contributed by atoms with Crippen molar-refractivity contribution >= 4 is 5.91 Å². The Kier molecular flexibility index (Phi) is 4.02. The lowest BCUT2D eigenvalue weighted by atomic mass is 10.0. The zero-order valence-electron chi connectivity index (χ0n) is 11.2. The number of nitrogens with zero attached hydrogens (tertiary/aromatic N) is 1. The molecule has 2 rings (SSSR count). The van der Waals surface area contributed by atoms with Crippen LogP contribution in [0, 0.1) is 5.92 Å². The fourth-order valence-electron chi connectivity index (χ4n) is 2.57. The second kappa shape index (κ2) is 5.53. The van der Waals surface area contributed by atoms with E-state index in [1.165, 1.54) is 0 Å². The molecule has 0 aliphatic carbocycles. The molecule has 1 aromatic rings. The van der Waals surface area contributed by atoms with E-state index in [0.717, 1.165) is 18.5 Å². The second-order valence-electron chi connectivity index (χ2n) is 5.31. The molecule has 0 saturated carbocycles. The van der Waals surface area contributed by atoms with Crippen LogP contribution < -0.4 is 5.73 Å². The number of amides is 1. The number of rotatable bonds is 3. The standard InChI is InChI=1S/C15H22N2O/c1-11-8-9-17(12(11)2)15(18)10-14(16)13-6-4-3-5-7-13/h3-7,11-12,14H,8-10,16H2,1-2H3. The van der Waals surface area contributed by atoms with Gasteiger partial charge in [-0.25, -0.2) is 0 Å². The summed E-state index contributed by atoms with van der Waals surface area (Å²) in [6.07, 6.45) is 1.51. The molecule has 0 radical (unpaired) electrons. The molecule has 1 aliphatic rings. The SMILES string of the molecule is CC1CCN(C(=O)CC(N)c2ccccc2)C1C. The third-order valence-electron chi connectivity index (χ3n) is 4.08. The van der Waals surface area contributed by atoms with Gasteiger partial charge in [0.1, 0.15) is 0 Å². The van der Waals surface area contributed by atoms with Crippen molar-refractivity contribution in [3.8, 4) is 0 Å². The molecule has 3 atom stereocenters. The monoisotopic (exact) mass is 246 g/mol. The highest BCUT2D eigenvalue weighted by Crippen LogP contribution is 2.25. The molecule has 0 bridgehead atoms. The summed E-state index contributed by atoms with van der Waals surface area (Å²) in [5.74, 6) is 0.783. The molecule has 1 aromatic carbocycles. The van der Waals surface area contributed by atoms with Crippen LogP contribution >= 0.6 is 0 Å². The van der Waals surface area contributed by atoms with Crippen molar-refractivity contribution in [2.75, 3.05) is 6.54 Å². The van der Waals surface area contributed by atoms with Crippen molar-refractivity contribution in [1.82, 2.24) is 4.90 Å². The molecule has 3 unspecified atom stereocenters. The predicted molar refractivity (Wildman–Crippen MR) is 72.9 cm³/mol. The van der Waals surface area contributed by atoms with E-state index in [0.29, 0.717) is 18.4 Å². The molecule has 3 heteroatoms. The van der Waals surface area contributed by atoms with Crippen LogP contribution in [0.1, 0.15) is 38.3 Å². The predicted octanol–water partition coefficient (Wildman–Crippen LogP) is 2.33. The zero-order valence-corrected chi connectivity index (χ0v) is 11.2. The summed E-state index contributed by atoms with van der Waals surface area (Å²) in [6, 6.07) is 9.99. The van der Waals surface area contributed by atoms with E-state index >= 15 is 0 Å². The number of likely N-dealkylation sites (tertiary alicyclic amines) is 1. The third kappa shape index (κ3) is 2.72. The summed E-state index contributed by atoms with van der Waals surface area (Å²) < 4.78 is 0. The molecule has 3 nitrogen and oxygen atoms in total. The average Bonchev–Trinajstić information content (AvgIpc) is 2.71. The van der Waals surface area contributed by atoms with Crippen LogP contribution in [0.2, 0.25) is 0 Å². The smallest absolute Gasteiger partial charge is 0.224 e. The van der Waals surface area contributed by atoms with Crippen molar-refractivity contribution in [3.63, 3.8) is 0 Å². The van der Waals surface area contributed by atoms with Gasteiger partial charge in [0.05, 0.1) is 0 Å². The van der Waals surface area contributed by atoms with Gasteiger partial charge >= 0.3 is 0 Å². The fraction of sp³-hybridized carbons (Fsp3) is 0.533. The van der Waals surface area contributed by atoms with Crippen LogP contribution in [-0.4, -0.2) is 23.4 Å². The minimum absolute atomic E-state index is 0.184. The lowest BCUT2D eigenvalue weighted by molar-refractivity contribution is -0.132. The molecule has 0 spiro atoms. The molecule has 0 aromatic heterocycles. The number of hydrogen-bond donors (Lipinski definition) is 1. The van der Waals surface area contributed by atoms with Crippen molar-refractivity contribution in [3.05, 3.63) is 35.9 Å². The number of hydrogen-bond acceptors (Lipinski definition) is 2. The molecule has 18 heavy (non-hydrogen) atoms. The van der Waals surface area contributed by atoms with Crippen LogP contribution in [0.25, 0.3) is 0 Å². The maximum absolute atomic E-state index is 12.2. The molecule has 1 amide bonds. The highest BCUT2D eigenvalue weighted by molar-refractivity contribution is 5.77. The first-order valence-corrected chi connectivity index (χ1v) is 6.69. The first-order valence-electron chi connectivity index (χ1n) is 6.69. The largest absolute Gasteiger partial charge is 0.340 e. The maximum atomic E-state index is 12.2. The molecular weight excluding hydrogens is 224 g/mol. The van der Waals surface area contributed by atoms with Gasteiger partial charge in [-0.2, -0.15) is 0 Å². The van der Waals surface area contributed by atoms with E-state index in [1.807, 2.05) is 35.2 Å². The molecule has 1 fully saturated rings. The quantitative estimate of drug-likeness (QED) is 0.889. The molecule has 1 saturated heterocycles. The van der Waals surface area contributed by atoms with Crippen LogP contribution in [0.5, 0.6) is 0 Å². The van der Waals surface area contributed by atoms with E-state index in [9.17, 15) is 4.79 Å². The second-order valence-corrected chi connectivity index (χ2v) is 5.31. The lowest BCUT2D eigenvalue weighted by Crippen LogP contribution is -2.37. The molecule has 98 valence electrons. The highest BCUT2D eigenvalue weighted by atomic mass is 16.2. The highest BCUT2D eigenvalue weighted by Gasteiger charge is 2.31. The average molecular weight is 246 g/mol. The minimum atomic E-state index is -0.193. The van der Waals surface area contributed by atoms with Gasteiger partial charge in [0.25, 0.3) is 0 Å². The van der Waals surface area contributed by atoms with Gasteiger partial charge in [-0.05, 0) is 24.8 Å². The van der Waals surface area contributed by atoms with E-state index < -0.39 is 0 Å². The van der Waals surface area contributed by atoms with Crippen molar-refractivity contribution < 1.29 is 4.79 Å². The zero-order chi connectivity index (χ0) is 13.1. The van der Waals surface area contributed by atoms with Gasteiger partial charge in [-0.15, -0.1) is 0 Å². The van der Waals surface area contributed by atoms with Gasteiger partial charge < -0.3 is 10.6 Å². The Labute approximate surface area is 109 Å². The molecule has 1 heterocycles. The van der Waals surface area contributed by atoms with Gasteiger partial charge in [-0.3, -0.25) is 4.79 Å². The summed E-state index contributed by atoms with van der Waals surface area (Å²) in [5, 5.41) is 0. The van der Waals surface area contributed by atoms with Gasteiger partial charge in [0, 0.05) is 25.0 Å². The topological polar surface area (TPSA) is 46.3 Å². The summed E-state index contributed by atoms with van der Waals surface area (Å²) in [6.45, 7) is 5.21. The Hall–Kier alpha value is -1.35. The summed E-state index contributed by atoms with van der Waals surface area (Å²) in [4.78, 5) is 14.2.